The highest BCUT2D eigenvalue weighted by molar-refractivity contribution is 5.86. The molecule has 0 fully saturated rings. The minimum absolute atomic E-state index is 0.280. The van der Waals surface area contributed by atoms with Gasteiger partial charge in [0.1, 0.15) is 6.04 Å². The molecule has 0 aliphatic rings. The van der Waals surface area contributed by atoms with Crippen LogP contribution in [0, 0.1) is 0 Å². The Labute approximate surface area is 77.8 Å². The molecule has 2 unspecified atom stereocenters. The summed E-state index contributed by atoms with van der Waals surface area (Å²) in [4.78, 5) is 23.6. The van der Waals surface area contributed by atoms with Crippen molar-refractivity contribution in [2.45, 2.75) is 25.9 Å². The number of carbonyl (C=O) groups excluding carboxylic acids is 2. The summed E-state index contributed by atoms with van der Waals surface area (Å²) in [5, 5.41) is 0. The van der Waals surface area contributed by atoms with Crippen molar-refractivity contribution in [2.24, 2.45) is 5.73 Å². The molecule has 0 rings (SSSR count). The lowest BCUT2D eigenvalue weighted by atomic mass is 10.2. The van der Waals surface area contributed by atoms with Gasteiger partial charge < -0.3 is 15.4 Å². The van der Waals surface area contributed by atoms with Crippen LogP contribution in [0.4, 0.5) is 0 Å². The number of ether oxygens (including phenoxy) is 1. The number of nitrogens with zero attached hydrogens (tertiary/aromatic N) is 1. The van der Waals surface area contributed by atoms with E-state index in [0.717, 1.165) is 0 Å². The maximum Gasteiger partial charge on any atom is 0.328 e. The van der Waals surface area contributed by atoms with Crippen molar-refractivity contribution in [1.82, 2.24) is 4.90 Å². The van der Waals surface area contributed by atoms with Crippen molar-refractivity contribution in [1.29, 1.82) is 0 Å². The van der Waals surface area contributed by atoms with Gasteiger partial charge in [0.15, 0.2) is 0 Å². The molecule has 0 aromatic heterocycles. The van der Waals surface area contributed by atoms with Crippen LogP contribution in [0.2, 0.25) is 0 Å². The lowest BCUT2D eigenvalue weighted by Gasteiger charge is -2.24. The summed E-state index contributed by atoms with van der Waals surface area (Å²) in [6.07, 6.45) is 0. The maximum atomic E-state index is 11.3. The molecule has 5 nitrogen and oxygen atoms in total. The van der Waals surface area contributed by atoms with E-state index in [1.165, 1.54) is 19.1 Å². The minimum Gasteiger partial charge on any atom is -0.467 e. The molecule has 0 aromatic rings. The zero-order valence-electron chi connectivity index (χ0n) is 8.40. The van der Waals surface area contributed by atoms with Gasteiger partial charge in [-0.25, -0.2) is 4.79 Å². The first-order chi connectivity index (χ1) is 5.91. The van der Waals surface area contributed by atoms with Crippen molar-refractivity contribution in [3.8, 4) is 0 Å². The predicted molar refractivity (Wildman–Crippen MR) is 47.9 cm³/mol. The fourth-order valence-electron chi connectivity index (χ4n) is 0.841. The number of rotatable bonds is 3. The van der Waals surface area contributed by atoms with Gasteiger partial charge in [-0.1, -0.05) is 0 Å². The number of hydrogen-bond donors (Lipinski definition) is 1. The zero-order valence-corrected chi connectivity index (χ0v) is 8.40. The van der Waals surface area contributed by atoms with Crippen LogP contribution >= 0.6 is 0 Å². The van der Waals surface area contributed by atoms with Crippen LogP contribution in [-0.2, 0) is 14.3 Å². The van der Waals surface area contributed by atoms with Crippen molar-refractivity contribution in [3.63, 3.8) is 0 Å². The SMILES string of the molecule is COC(=O)C(C)N(C)C(=O)C(C)N. The monoisotopic (exact) mass is 188 g/mol. The second-order valence-electron chi connectivity index (χ2n) is 2.94. The molecule has 0 saturated carbocycles. The maximum absolute atomic E-state index is 11.3. The lowest BCUT2D eigenvalue weighted by Crippen LogP contribution is -2.47. The van der Waals surface area contributed by atoms with Gasteiger partial charge in [-0.2, -0.15) is 0 Å². The van der Waals surface area contributed by atoms with Gasteiger partial charge in [-0.05, 0) is 13.8 Å². The Balaban J connectivity index is 4.33. The van der Waals surface area contributed by atoms with E-state index in [2.05, 4.69) is 4.74 Å². The molecule has 13 heavy (non-hydrogen) atoms. The second kappa shape index (κ2) is 4.81. The molecule has 2 atom stereocenters. The van der Waals surface area contributed by atoms with Crippen LogP contribution in [0.1, 0.15) is 13.8 Å². The van der Waals surface area contributed by atoms with E-state index in [1.807, 2.05) is 0 Å². The van der Waals surface area contributed by atoms with Crippen molar-refractivity contribution in [3.05, 3.63) is 0 Å². The Morgan fingerprint density at radius 1 is 1.38 bits per heavy atom. The van der Waals surface area contributed by atoms with Gasteiger partial charge in [0.2, 0.25) is 5.91 Å². The van der Waals surface area contributed by atoms with Crippen LogP contribution in [0.3, 0.4) is 0 Å². The molecule has 0 spiro atoms. The molecule has 0 bridgehead atoms. The van der Waals surface area contributed by atoms with Gasteiger partial charge in [-0.3, -0.25) is 4.79 Å². The normalized spacial score (nSPS) is 14.5. The summed E-state index contributed by atoms with van der Waals surface area (Å²) in [5.74, 6) is -0.727. The average molecular weight is 188 g/mol. The van der Waals surface area contributed by atoms with E-state index in [1.54, 1.807) is 13.8 Å². The van der Waals surface area contributed by atoms with E-state index in [4.69, 9.17) is 5.73 Å². The third kappa shape index (κ3) is 3.02. The van der Waals surface area contributed by atoms with Gasteiger partial charge in [-0.15, -0.1) is 0 Å². The number of likely N-dealkylation sites (N-methyl/N-ethyl adjacent to an activating group) is 1. The minimum atomic E-state index is -0.600. The van der Waals surface area contributed by atoms with E-state index in [9.17, 15) is 9.59 Å². The lowest BCUT2D eigenvalue weighted by molar-refractivity contribution is -0.151. The Morgan fingerprint density at radius 2 is 1.85 bits per heavy atom. The van der Waals surface area contributed by atoms with E-state index < -0.39 is 18.1 Å². The topological polar surface area (TPSA) is 72.6 Å². The standard InChI is InChI=1S/C8H16N2O3/c1-5(9)7(11)10(3)6(2)8(12)13-4/h5-6H,9H2,1-4H3. The highest BCUT2D eigenvalue weighted by atomic mass is 16.5. The number of nitrogens with two attached hydrogens (primary N) is 1. The molecular weight excluding hydrogens is 172 g/mol. The summed E-state index contributed by atoms with van der Waals surface area (Å²) in [6, 6.07) is -1.19. The molecule has 0 saturated heterocycles. The van der Waals surface area contributed by atoms with Crippen LogP contribution < -0.4 is 5.73 Å². The fourth-order valence-corrected chi connectivity index (χ4v) is 0.841. The fraction of sp³-hybridized carbons (Fsp3) is 0.750. The molecule has 0 radical (unpaired) electrons. The summed E-state index contributed by atoms with van der Waals surface area (Å²) in [5.41, 5.74) is 5.37. The Bertz CT molecular complexity index is 204. The highest BCUT2D eigenvalue weighted by Gasteiger charge is 2.24. The van der Waals surface area contributed by atoms with Crippen LogP contribution in [0.15, 0.2) is 0 Å². The van der Waals surface area contributed by atoms with Gasteiger partial charge in [0.25, 0.3) is 0 Å². The third-order valence-corrected chi connectivity index (χ3v) is 1.86. The third-order valence-electron chi connectivity index (χ3n) is 1.86. The smallest absolute Gasteiger partial charge is 0.328 e. The molecule has 0 heterocycles. The van der Waals surface area contributed by atoms with Crippen LogP contribution in [-0.4, -0.2) is 43.0 Å². The second-order valence-corrected chi connectivity index (χ2v) is 2.94. The largest absolute Gasteiger partial charge is 0.467 e. The number of hydrogen-bond acceptors (Lipinski definition) is 4. The van der Waals surface area contributed by atoms with Crippen LogP contribution in [0.5, 0.6) is 0 Å². The predicted octanol–water partition coefficient (Wildman–Crippen LogP) is -0.646. The Hall–Kier alpha value is -1.10. The summed E-state index contributed by atoms with van der Waals surface area (Å²) >= 11 is 0. The quantitative estimate of drug-likeness (QED) is 0.597. The van der Waals surface area contributed by atoms with E-state index >= 15 is 0 Å². The number of esters is 1. The summed E-state index contributed by atoms with van der Waals surface area (Å²) in [7, 11) is 2.80. The van der Waals surface area contributed by atoms with Crippen molar-refractivity contribution in [2.75, 3.05) is 14.2 Å². The molecule has 0 aliphatic heterocycles. The number of carbonyl (C=O) groups is 2. The van der Waals surface area contributed by atoms with E-state index in [-0.39, 0.29) is 5.91 Å². The number of methoxy groups -OCH3 is 1. The zero-order chi connectivity index (χ0) is 10.6. The molecule has 0 aliphatic carbocycles. The van der Waals surface area contributed by atoms with Crippen molar-refractivity contribution >= 4 is 11.9 Å². The van der Waals surface area contributed by atoms with Gasteiger partial charge in [0, 0.05) is 7.05 Å². The van der Waals surface area contributed by atoms with Crippen LogP contribution in [0.25, 0.3) is 0 Å². The molecule has 2 N–H and O–H groups in total. The summed E-state index contributed by atoms with van der Waals surface area (Å²) < 4.78 is 4.49. The summed E-state index contributed by atoms with van der Waals surface area (Å²) in [6.45, 7) is 3.16. The molecular formula is C8H16N2O3. The van der Waals surface area contributed by atoms with Gasteiger partial charge >= 0.3 is 5.97 Å². The highest BCUT2D eigenvalue weighted by Crippen LogP contribution is 1.99. The molecule has 5 heteroatoms. The molecule has 76 valence electrons. The average Bonchev–Trinajstić information content (AvgIpc) is 2.12. The molecule has 0 aromatic carbocycles. The van der Waals surface area contributed by atoms with Crippen molar-refractivity contribution < 1.29 is 14.3 Å². The van der Waals surface area contributed by atoms with Gasteiger partial charge in [0.05, 0.1) is 13.2 Å². The first kappa shape index (κ1) is 11.9. The molecule has 1 amide bonds. The Kier molecular flexibility index (Phi) is 4.40. The Morgan fingerprint density at radius 3 is 2.15 bits per heavy atom. The van der Waals surface area contributed by atoms with E-state index in [0.29, 0.717) is 0 Å². The first-order valence-corrected chi connectivity index (χ1v) is 4.02. The number of amides is 1. The first-order valence-electron chi connectivity index (χ1n) is 4.02.